The first kappa shape index (κ1) is 12.8. The van der Waals surface area contributed by atoms with Crippen molar-refractivity contribution in [3.8, 4) is 11.5 Å². The van der Waals surface area contributed by atoms with Crippen LogP contribution in [0.3, 0.4) is 0 Å². The van der Waals surface area contributed by atoms with Crippen LogP contribution in [0.15, 0.2) is 18.2 Å². The van der Waals surface area contributed by atoms with Gasteiger partial charge in [-0.1, -0.05) is 19.4 Å². The molecule has 0 spiro atoms. The third-order valence-corrected chi connectivity index (χ3v) is 4.31. The Morgan fingerprint density at radius 2 is 2.32 bits per heavy atom. The van der Waals surface area contributed by atoms with Gasteiger partial charge in [-0.05, 0) is 25.1 Å². The van der Waals surface area contributed by atoms with Crippen molar-refractivity contribution < 1.29 is 9.47 Å². The van der Waals surface area contributed by atoms with Crippen LogP contribution in [0.1, 0.15) is 24.3 Å². The maximum Gasteiger partial charge on any atom is 0.126 e. The third-order valence-electron chi connectivity index (χ3n) is 4.31. The molecule has 2 aliphatic heterocycles. The van der Waals surface area contributed by atoms with E-state index in [4.69, 9.17) is 9.47 Å². The number of ether oxygens (including phenoxy) is 2. The molecule has 2 heterocycles. The Kier molecular flexibility index (Phi) is 3.65. The molecule has 103 valence electrons. The van der Waals surface area contributed by atoms with Gasteiger partial charge in [-0.25, -0.2) is 0 Å². The van der Waals surface area contributed by atoms with Crippen LogP contribution >= 0.6 is 0 Å². The topological polar surface area (TPSA) is 21.7 Å². The summed E-state index contributed by atoms with van der Waals surface area (Å²) in [5.74, 6) is 3.16. The zero-order valence-corrected chi connectivity index (χ0v) is 11.6. The van der Waals surface area contributed by atoms with E-state index in [-0.39, 0.29) is 0 Å². The van der Waals surface area contributed by atoms with Crippen molar-refractivity contribution in [3.05, 3.63) is 30.7 Å². The number of unbranched alkanes of at least 4 members (excludes halogenated alkanes) is 1. The summed E-state index contributed by atoms with van der Waals surface area (Å²) >= 11 is 0. The van der Waals surface area contributed by atoms with Gasteiger partial charge in [0, 0.05) is 30.5 Å². The second kappa shape index (κ2) is 5.41. The van der Waals surface area contributed by atoms with Crippen LogP contribution in [0.25, 0.3) is 0 Å². The van der Waals surface area contributed by atoms with Crippen LogP contribution < -0.4 is 9.47 Å². The van der Waals surface area contributed by atoms with Crippen molar-refractivity contribution >= 4 is 0 Å². The first-order chi connectivity index (χ1) is 9.33. The normalized spacial score (nSPS) is 25.6. The third kappa shape index (κ3) is 2.32. The zero-order valence-electron chi connectivity index (χ0n) is 11.6. The Hall–Kier alpha value is -1.22. The molecule has 3 nitrogen and oxygen atoms in total. The lowest BCUT2D eigenvalue weighted by molar-refractivity contribution is 0.209. The molecule has 1 fully saturated rings. The van der Waals surface area contributed by atoms with Crippen molar-refractivity contribution in [2.24, 2.45) is 5.92 Å². The van der Waals surface area contributed by atoms with Gasteiger partial charge < -0.3 is 14.4 Å². The molecule has 1 saturated heterocycles. The highest BCUT2D eigenvalue weighted by Gasteiger charge is 2.40. The van der Waals surface area contributed by atoms with E-state index in [2.05, 4.69) is 17.9 Å². The largest absolute Gasteiger partial charge is 0.496 e. The maximum atomic E-state index is 5.91. The van der Waals surface area contributed by atoms with Gasteiger partial charge in [0.25, 0.3) is 0 Å². The van der Waals surface area contributed by atoms with Crippen LogP contribution in [0.5, 0.6) is 11.5 Å². The molecule has 3 rings (SSSR count). The maximum absolute atomic E-state index is 5.91. The fourth-order valence-electron chi connectivity index (χ4n) is 3.36. The van der Waals surface area contributed by atoms with Crippen LogP contribution in [0.4, 0.5) is 0 Å². The second-order valence-electron chi connectivity index (χ2n) is 5.52. The SMILES string of the molecule is [CH2]CCCN1C[C@H]2COc3cccc(OC)c3[C@H]2C1. The summed E-state index contributed by atoms with van der Waals surface area (Å²) in [6.45, 7) is 8.19. The molecule has 2 aliphatic rings. The smallest absolute Gasteiger partial charge is 0.126 e. The molecule has 3 heteroatoms. The molecule has 0 aromatic heterocycles. The molecule has 1 aromatic rings. The Labute approximate surface area is 115 Å². The van der Waals surface area contributed by atoms with E-state index in [9.17, 15) is 0 Å². The summed E-state index contributed by atoms with van der Waals surface area (Å²) in [5, 5.41) is 0. The quantitative estimate of drug-likeness (QED) is 0.831. The second-order valence-corrected chi connectivity index (χ2v) is 5.52. The van der Waals surface area contributed by atoms with Gasteiger partial charge in [0.2, 0.25) is 0 Å². The van der Waals surface area contributed by atoms with E-state index in [1.807, 2.05) is 12.1 Å². The average Bonchev–Trinajstić information content (AvgIpc) is 2.87. The Morgan fingerprint density at radius 1 is 1.42 bits per heavy atom. The van der Waals surface area contributed by atoms with E-state index in [1.54, 1.807) is 7.11 Å². The van der Waals surface area contributed by atoms with Gasteiger partial charge in [0.15, 0.2) is 0 Å². The van der Waals surface area contributed by atoms with Crippen LogP contribution in [-0.4, -0.2) is 38.3 Å². The zero-order chi connectivity index (χ0) is 13.2. The predicted octanol–water partition coefficient (Wildman–Crippen LogP) is 2.72. The van der Waals surface area contributed by atoms with Gasteiger partial charge in [0.1, 0.15) is 11.5 Å². The minimum Gasteiger partial charge on any atom is -0.496 e. The van der Waals surface area contributed by atoms with Gasteiger partial charge in [0.05, 0.1) is 13.7 Å². The van der Waals surface area contributed by atoms with E-state index in [0.29, 0.717) is 11.8 Å². The van der Waals surface area contributed by atoms with E-state index < -0.39 is 0 Å². The highest BCUT2D eigenvalue weighted by Crippen LogP contribution is 2.45. The molecule has 0 saturated carbocycles. The van der Waals surface area contributed by atoms with Gasteiger partial charge >= 0.3 is 0 Å². The minimum absolute atomic E-state index is 0.560. The fraction of sp³-hybridized carbons (Fsp3) is 0.562. The molecule has 0 N–H and O–H groups in total. The van der Waals surface area contributed by atoms with E-state index in [0.717, 1.165) is 44.2 Å². The van der Waals surface area contributed by atoms with Gasteiger partial charge in [-0.15, -0.1) is 0 Å². The van der Waals surface area contributed by atoms with E-state index >= 15 is 0 Å². The molecule has 19 heavy (non-hydrogen) atoms. The molecule has 0 aliphatic carbocycles. The van der Waals surface area contributed by atoms with Crippen molar-refractivity contribution in [1.82, 2.24) is 4.90 Å². The Balaban J connectivity index is 1.84. The first-order valence-electron chi connectivity index (χ1n) is 7.14. The molecule has 0 amide bonds. The van der Waals surface area contributed by atoms with E-state index in [1.165, 1.54) is 12.0 Å². The Bertz CT molecular complexity index is 432. The molecule has 2 atom stereocenters. The number of methoxy groups -OCH3 is 1. The number of nitrogens with zero attached hydrogens (tertiary/aromatic N) is 1. The first-order valence-corrected chi connectivity index (χ1v) is 7.14. The van der Waals surface area contributed by atoms with Crippen molar-refractivity contribution in [2.45, 2.75) is 18.8 Å². The molecular weight excluding hydrogens is 238 g/mol. The Morgan fingerprint density at radius 3 is 3.11 bits per heavy atom. The predicted molar refractivity (Wildman–Crippen MR) is 75.8 cm³/mol. The van der Waals surface area contributed by atoms with Crippen molar-refractivity contribution in [1.29, 1.82) is 0 Å². The van der Waals surface area contributed by atoms with Crippen molar-refractivity contribution in [3.63, 3.8) is 0 Å². The summed E-state index contributed by atoms with van der Waals surface area (Å²) in [6.07, 6.45) is 2.20. The van der Waals surface area contributed by atoms with Gasteiger partial charge in [-0.2, -0.15) is 0 Å². The standard InChI is InChI=1S/C16H22NO2/c1-3-4-8-17-9-12-11-19-15-7-5-6-14(18-2)16(15)13(12)10-17/h5-7,12-13H,1,3-4,8-11H2,2H3/t12-,13-/m0/s1. The summed E-state index contributed by atoms with van der Waals surface area (Å²) in [4.78, 5) is 2.55. The molecular formula is C16H22NO2. The lowest BCUT2D eigenvalue weighted by atomic mass is 9.86. The van der Waals surface area contributed by atoms with Crippen LogP contribution in [-0.2, 0) is 0 Å². The summed E-state index contributed by atoms with van der Waals surface area (Å²) < 4.78 is 11.4. The fourth-order valence-corrected chi connectivity index (χ4v) is 3.36. The summed E-state index contributed by atoms with van der Waals surface area (Å²) in [7, 11) is 1.74. The highest BCUT2D eigenvalue weighted by molar-refractivity contribution is 5.49. The lowest BCUT2D eigenvalue weighted by Crippen LogP contribution is -2.25. The van der Waals surface area contributed by atoms with Crippen molar-refractivity contribution in [2.75, 3.05) is 33.4 Å². The minimum atomic E-state index is 0.560. The number of benzene rings is 1. The average molecular weight is 260 g/mol. The molecule has 0 unspecified atom stereocenters. The van der Waals surface area contributed by atoms with Gasteiger partial charge in [-0.3, -0.25) is 0 Å². The highest BCUT2D eigenvalue weighted by atomic mass is 16.5. The lowest BCUT2D eigenvalue weighted by Gasteiger charge is -2.29. The monoisotopic (exact) mass is 260 g/mol. The summed E-state index contributed by atoms with van der Waals surface area (Å²) in [5.41, 5.74) is 1.28. The molecule has 0 bridgehead atoms. The summed E-state index contributed by atoms with van der Waals surface area (Å²) in [6, 6.07) is 6.11. The number of fused-ring (bicyclic) bond motifs is 3. The van der Waals surface area contributed by atoms with Crippen LogP contribution in [0, 0.1) is 12.8 Å². The molecule has 1 radical (unpaired) electrons. The number of likely N-dealkylation sites (tertiary alicyclic amines) is 1. The number of hydrogen-bond donors (Lipinski definition) is 0. The number of hydrogen-bond acceptors (Lipinski definition) is 3. The number of rotatable bonds is 4. The van der Waals surface area contributed by atoms with Crippen LogP contribution in [0.2, 0.25) is 0 Å². The molecule has 1 aromatic carbocycles.